The number of esters is 1. The number of rotatable bonds is 7. The van der Waals surface area contributed by atoms with Gasteiger partial charge in [0.15, 0.2) is 5.16 Å². The van der Waals surface area contributed by atoms with Crippen molar-refractivity contribution in [2.45, 2.75) is 67.3 Å². The molecule has 2 heterocycles. The number of piperidine rings is 1. The first-order valence-corrected chi connectivity index (χ1v) is 15.1. The molecule has 2 aliphatic rings. The van der Waals surface area contributed by atoms with Crippen LogP contribution in [0.4, 0.5) is 0 Å². The molecule has 36 heavy (non-hydrogen) atoms. The van der Waals surface area contributed by atoms with Crippen molar-refractivity contribution in [3.8, 4) is 0 Å². The standard InChI is InChI=1S/C27H33N3O4S2/c1-19-7-6-14-29(17-19)36(32,33)23-12-13-25-24(16-23)28-27(30(25)22-10-3-4-11-22)35-18-20-8-5-9-21(15-20)26(31)34-2/h5,8-9,12-13,15-16,19,22H,3-4,6-7,10-11,14,17-18H2,1-2H3. The van der Waals surface area contributed by atoms with E-state index in [1.807, 2.05) is 24.3 Å². The van der Waals surface area contributed by atoms with Crippen LogP contribution < -0.4 is 0 Å². The average molecular weight is 528 g/mol. The Morgan fingerprint density at radius 2 is 1.92 bits per heavy atom. The van der Waals surface area contributed by atoms with E-state index in [1.54, 1.807) is 34.3 Å². The maximum Gasteiger partial charge on any atom is 0.337 e. The van der Waals surface area contributed by atoms with Crippen LogP contribution in [0, 0.1) is 5.92 Å². The molecule has 2 aromatic carbocycles. The summed E-state index contributed by atoms with van der Waals surface area (Å²) in [6.45, 7) is 3.26. The number of benzene rings is 2. The van der Waals surface area contributed by atoms with Crippen LogP contribution >= 0.6 is 11.8 Å². The molecule has 1 saturated heterocycles. The van der Waals surface area contributed by atoms with Gasteiger partial charge < -0.3 is 9.30 Å². The summed E-state index contributed by atoms with van der Waals surface area (Å²) in [5.74, 6) is 0.675. The van der Waals surface area contributed by atoms with Gasteiger partial charge in [-0.25, -0.2) is 18.2 Å². The maximum absolute atomic E-state index is 13.4. The number of nitrogens with zero attached hydrogens (tertiary/aromatic N) is 3. The lowest BCUT2D eigenvalue weighted by Gasteiger charge is -2.30. The Kier molecular flexibility index (Phi) is 7.42. The van der Waals surface area contributed by atoms with Crippen LogP contribution in [0.3, 0.4) is 0 Å². The first-order chi connectivity index (χ1) is 17.4. The third-order valence-corrected chi connectivity index (χ3v) is 10.2. The van der Waals surface area contributed by atoms with Gasteiger partial charge in [-0.1, -0.05) is 43.7 Å². The van der Waals surface area contributed by atoms with Gasteiger partial charge in [-0.3, -0.25) is 0 Å². The molecule has 1 atom stereocenters. The monoisotopic (exact) mass is 527 g/mol. The highest BCUT2D eigenvalue weighted by molar-refractivity contribution is 7.98. The molecule has 5 rings (SSSR count). The van der Waals surface area contributed by atoms with Crippen molar-refractivity contribution in [2.24, 2.45) is 5.92 Å². The zero-order valence-electron chi connectivity index (χ0n) is 20.9. The number of hydrogen-bond donors (Lipinski definition) is 0. The van der Waals surface area contributed by atoms with Crippen LogP contribution in [-0.2, 0) is 20.5 Å². The number of hydrogen-bond acceptors (Lipinski definition) is 6. The first kappa shape index (κ1) is 25.3. The molecule has 192 valence electrons. The zero-order chi connectivity index (χ0) is 25.3. The molecule has 2 fully saturated rings. The normalized spacial score (nSPS) is 19.7. The minimum Gasteiger partial charge on any atom is -0.465 e. The summed E-state index contributed by atoms with van der Waals surface area (Å²) in [5.41, 5.74) is 3.25. The van der Waals surface area contributed by atoms with Gasteiger partial charge in [0.1, 0.15) is 0 Å². The summed E-state index contributed by atoms with van der Waals surface area (Å²) in [7, 11) is -2.16. The Hall–Kier alpha value is -2.36. The van der Waals surface area contributed by atoms with E-state index in [9.17, 15) is 13.2 Å². The van der Waals surface area contributed by atoms with Crippen molar-refractivity contribution in [1.82, 2.24) is 13.9 Å². The summed E-state index contributed by atoms with van der Waals surface area (Å²) in [6.07, 6.45) is 6.55. The van der Waals surface area contributed by atoms with E-state index < -0.39 is 10.0 Å². The number of carbonyl (C=O) groups excluding carboxylic acids is 1. The zero-order valence-corrected chi connectivity index (χ0v) is 22.5. The highest BCUT2D eigenvalue weighted by atomic mass is 32.2. The van der Waals surface area contributed by atoms with E-state index in [-0.39, 0.29) is 5.97 Å². The molecule has 0 spiro atoms. The summed E-state index contributed by atoms with van der Waals surface area (Å²) in [6, 6.07) is 13.3. The first-order valence-electron chi connectivity index (χ1n) is 12.7. The van der Waals surface area contributed by atoms with Crippen LogP contribution in [-0.4, -0.2) is 48.4 Å². The Balaban J connectivity index is 1.47. The number of aromatic nitrogens is 2. The fourth-order valence-electron chi connectivity index (χ4n) is 5.40. The van der Waals surface area contributed by atoms with Crippen LogP contribution in [0.25, 0.3) is 11.0 Å². The van der Waals surface area contributed by atoms with E-state index in [2.05, 4.69) is 11.5 Å². The second-order valence-electron chi connectivity index (χ2n) is 9.94. The molecule has 1 unspecified atom stereocenters. The Bertz CT molecular complexity index is 1360. The average Bonchev–Trinajstić information content (AvgIpc) is 3.54. The van der Waals surface area contributed by atoms with Gasteiger partial charge in [0.25, 0.3) is 0 Å². The number of carbonyl (C=O) groups is 1. The molecule has 1 saturated carbocycles. The predicted molar refractivity (Wildman–Crippen MR) is 142 cm³/mol. The molecule has 0 amide bonds. The Morgan fingerprint density at radius 1 is 1.11 bits per heavy atom. The van der Waals surface area contributed by atoms with Crippen LogP contribution in [0.15, 0.2) is 52.5 Å². The molecule has 0 bridgehead atoms. The topological polar surface area (TPSA) is 81.5 Å². The highest BCUT2D eigenvalue weighted by Gasteiger charge is 2.30. The largest absolute Gasteiger partial charge is 0.465 e. The van der Waals surface area contributed by atoms with E-state index >= 15 is 0 Å². The summed E-state index contributed by atoms with van der Waals surface area (Å²) >= 11 is 1.62. The lowest BCUT2D eigenvalue weighted by molar-refractivity contribution is 0.0600. The fraction of sp³-hybridized carbons (Fsp3) is 0.481. The molecule has 7 nitrogen and oxygen atoms in total. The maximum atomic E-state index is 13.4. The number of sulfonamides is 1. The minimum absolute atomic E-state index is 0.322. The number of thioether (sulfide) groups is 1. The van der Waals surface area contributed by atoms with Gasteiger partial charge in [0.2, 0.25) is 10.0 Å². The molecule has 9 heteroatoms. The Labute approximate surface area is 217 Å². The molecule has 0 radical (unpaired) electrons. The van der Waals surface area contributed by atoms with Crippen molar-refractivity contribution in [2.75, 3.05) is 20.2 Å². The van der Waals surface area contributed by atoms with Crippen molar-refractivity contribution >= 4 is 38.8 Å². The fourth-order valence-corrected chi connectivity index (χ4v) is 8.05. The molecular weight excluding hydrogens is 494 g/mol. The van der Waals surface area contributed by atoms with E-state index in [4.69, 9.17) is 9.72 Å². The SMILES string of the molecule is COC(=O)c1cccc(CSc2nc3cc(S(=O)(=O)N4CCCC(C)C4)ccc3n2C2CCCC2)c1. The van der Waals surface area contributed by atoms with Crippen molar-refractivity contribution < 1.29 is 17.9 Å². The summed E-state index contributed by atoms with van der Waals surface area (Å²) in [5, 5.41) is 0.890. The van der Waals surface area contributed by atoms with E-state index in [1.165, 1.54) is 20.0 Å². The van der Waals surface area contributed by atoms with Gasteiger partial charge in [-0.05, 0) is 67.5 Å². The second kappa shape index (κ2) is 10.6. The Morgan fingerprint density at radius 3 is 2.67 bits per heavy atom. The third-order valence-electron chi connectivity index (χ3n) is 7.29. The van der Waals surface area contributed by atoms with Gasteiger partial charge in [0.05, 0.1) is 28.6 Å². The number of methoxy groups -OCH3 is 1. The third kappa shape index (κ3) is 5.06. The van der Waals surface area contributed by atoms with Gasteiger partial charge in [-0.15, -0.1) is 0 Å². The highest BCUT2D eigenvalue weighted by Crippen LogP contribution is 2.38. The molecule has 1 aliphatic heterocycles. The van der Waals surface area contributed by atoms with Gasteiger partial charge >= 0.3 is 5.97 Å². The van der Waals surface area contributed by atoms with Gasteiger partial charge in [-0.2, -0.15) is 4.31 Å². The smallest absolute Gasteiger partial charge is 0.337 e. The number of imidazole rings is 1. The van der Waals surface area contributed by atoms with E-state index in [0.717, 1.165) is 47.4 Å². The summed E-state index contributed by atoms with van der Waals surface area (Å²) < 4.78 is 35.6. The van der Waals surface area contributed by atoms with Crippen LogP contribution in [0.5, 0.6) is 0 Å². The lowest BCUT2D eigenvalue weighted by atomic mass is 10.0. The van der Waals surface area contributed by atoms with Crippen LogP contribution in [0.2, 0.25) is 0 Å². The quantitative estimate of drug-likeness (QED) is 0.292. The molecule has 1 aliphatic carbocycles. The molecule has 3 aromatic rings. The summed E-state index contributed by atoms with van der Waals surface area (Å²) in [4.78, 5) is 17.2. The van der Waals surface area contributed by atoms with Gasteiger partial charge in [0, 0.05) is 24.9 Å². The lowest BCUT2D eigenvalue weighted by Crippen LogP contribution is -2.39. The van der Waals surface area contributed by atoms with E-state index in [0.29, 0.717) is 41.3 Å². The minimum atomic E-state index is -3.55. The van der Waals surface area contributed by atoms with Crippen molar-refractivity contribution in [3.63, 3.8) is 0 Å². The van der Waals surface area contributed by atoms with Crippen molar-refractivity contribution in [1.29, 1.82) is 0 Å². The molecule has 1 aromatic heterocycles. The van der Waals surface area contributed by atoms with Crippen LogP contribution in [0.1, 0.15) is 67.4 Å². The number of fused-ring (bicyclic) bond motifs is 1. The second-order valence-corrected chi connectivity index (χ2v) is 12.8. The molecule has 0 N–H and O–H groups in total. The number of ether oxygens (including phenoxy) is 1. The predicted octanol–water partition coefficient (Wildman–Crippen LogP) is 5.65. The van der Waals surface area contributed by atoms with Crippen molar-refractivity contribution in [3.05, 3.63) is 53.6 Å². The molecular formula is C27H33N3O4S2.